The third-order valence-corrected chi connectivity index (χ3v) is 6.74. The van der Waals surface area contributed by atoms with Crippen LogP contribution in [0.1, 0.15) is 27.2 Å². The second-order valence-corrected chi connectivity index (χ2v) is 8.71. The largest absolute Gasteiger partial charge is 0.365 e. The van der Waals surface area contributed by atoms with Gasteiger partial charge in [-0.3, -0.25) is 14.2 Å². The molecule has 0 spiro atoms. The molecule has 0 unspecified atom stereocenters. The smallest absolute Gasteiger partial charge is 0.251 e. The van der Waals surface area contributed by atoms with Crippen molar-refractivity contribution >= 4 is 51.5 Å². The molecule has 2 amide bonds. The Kier molecular flexibility index (Phi) is 5.38. The first-order valence-corrected chi connectivity index (χ1v) is 10.7. The molecule has 144 valence electrons. The normalized spacial score (nSPS) is 12.8. The molecule has 1 aliphatic carbocycles. The molecule has 0 fully saturated rings. The highest BCUT2D eigenvalue weighted by atomic mass is 35.5. The molecule has 2 heterocycles. The third kappa shape index (κ3) is 3.78. The average molecular weight is 434 g/mol. The summed E-state index contributed by atoms with van der Waals surface area (Å²) in [4.78, 5) is 25.4. The number of anilines is 1. The maximum absolute atomic E-state index is 12.5. The van der Waals surface area contributed by atoms with Crippen LogP contribution >= 0.6 is 34.7 Å². The van der Waals surface area contributed by atoms with Crippen molar-refractivity contribution < 1.29 is 9.59 Å². The molecule has 1 aromatic carbocycles. The molecule has 0 aliphatic heterocycles. The van der Waals surface area contributed by atoms with Gasteiger partial charge in [0.25, 0.3) is 5.91 Å². The molecule has 0 atom stereocenters. The molecule has 0 saturated heterocycles. The zero-order valence-corrected chi connectivity index (χ0v) is 17.0. The quantitative estimate of drug-likeness (QED) is 0.580. The number of nitrogens with zero attached hydrogens (tertiary/aromatic N) is 3. The molecular formula is C18H16ClN5O2S2. The van der Waals surface area contributed by atoms with Crippen molar-refractivity contribution in [3.63, 3.8) is 0 Å². The van der Waals surface area contributed by atoms with Gasteiger partial charge in [-0.05, 0) is 43.0 Å². The topological polar surface area (TPSA) is 103 Å². The number of nitrogens with two attached hydrogens (primary N) is 1. The average Bonchev–Trinajstić information content (AvgIpc) is 3.35. The van der Waals surface area contributed by atoms with Crippen LogP contribution < -0.4 is 11.1 Å². The van der Waals surface area contributed by atoms with Crippen LogP contribution in [0.5, 0.6) is 0 Å². The molecule has 7 nitrogen and oxygen atoms in total. The number of aryl methyl sites for hydroxylation is 1. The summed E-state index contributed by atoms with van der Waals surface area (Å²) in [6, 6.07) is 7.29. The Morgan fingerprint density at radius 3 is 3.00 bits per heavy atom. The molecule has 28 heavy (non-hydrogen) atoms. The highest BCUT2D eigenvalue weighted by Crippen LogP contribution is 2.38. The molecule has 1 aliphatic rings. The van der Waals surface area contributed by atoms with Crippen molar-refractivity contribution in [3.8, 4) is 5.69 Å². The summed E-state index contributed by atoms with van der Waals surface area (Å²) in [5.41, 5.74) is 7.79. The molecule has 10 heteroatoms. The predicted octanol–water partition coefficient (Wildman–Crippen LogP) is 3.30. The predicted molar refractivity (Wildman–Crippen MR) is 111 cm³/mol. The van der Waals surface area contributed by atoms with Crippen molar-refractivity contribution in [2.24, 2.45) is 5.73 Å². The lowest BCUT2D eigenvalue weighted by molar-refractivity contribution is -0.113. The third-order valence-electron chi connectivity index (χ3n) is 4.36. The Hall–Kier alpha value is -2.36. The summed E-state index contributed by atoms with van der Waals surface area (Å²) >= 11 is 8.73. The lowest BCUT2D eigenvalue weighted by Crippen LogP contribution is -2.19. The number of hydrogen-bond donors (Lipinski definition) is 2. The molecule has 3 aromatic rings. The van der Waals surface area contributed by atoms with E-state index in [-0.39, 0.29) is 11.7 Å². The number of thiophene rings is 1. The number of carbonyl (C=O) groups excluding carboxylic acids is 2. The zero-order valence-electron chi connectivity index (χ0n) is 14.6. The molecule has 0 radical (unpaired) electrons. The minimum Gasteiger partial charge on any atom is -0.365 e. The van der Waals surface area contributed by atoms with Gasteiger partial charge in [0.15, 0.2) is 5.16 Å². The minimum atomic E-state index is -0.497. The number of amides is 2. The van der Waals surface area contributed by atoms with Gasteiger partial charge in [-0.1, -0.05) is 29.4 Å². The van der Waals surface area contributed by atoms with E-state index in [4.69, 9.17) is 17.3 Å². The Morgan fingerprint density at radius 2 is 2.21 bits per heavy atom. The van der Waals surface area contributed by atoms with Gasteiger partial charge in [0.2, 0.25) is 5.91 Å². The first-order chi connectivity index (χ1) is 13.5. The Balaban J connectivity index is 1.46. The van der Waals surface area contributed by atoms with Crippen LogP contribution in [-0.4, -0.2) is 32.3 Å². The van der Waals surface area contributed by atoms with E-state index >= 15 is 0 Å². The fraction of sp³-hybridized carbons (Fsp3) is 0.222. The summed E-state index contributed by atoms with van der Waals surface area (Å²) in [6.45, 7) is 0. The maximum Gasteiger partial charge on any atom is 0.251 e. The zero-order chi connectivity index (χ0) is 19.7. The van der Waals surface area contributed by atoms with E-state index < -0.39 is 5.91 Å². The molecule has 4 rings (SSSR count). The van der Waals surface area contributed by atoms with E-state index in [1.165, 1.54) is 23.1 Å². The molecule has 3 N–H and O–H groups in total. The number of halogens is 1. The van der Waals surface area contributed by atoms with Crippen LogP contribution in [0.3, 0.4) is 0 Å². The van der Waals surface area contributed by atoms with Crippen LogP contribution in [-0.2, 0) is 17.6 Å². The number of nitrogens with one attached hydrogen (secondary N) is 1. The second kappa shape index (κ2) is 7.94. The number of fused-ring (bicyclic) bond motifs is 1. The monoisotopic (exact) mass is 433 g/mol. The molecule has 2 aromatic heterocycles. The lowest BCUT2D eigenvalue weighted by atomic mass is 10.1. The van der Waals surface area contributed by atoms with Crippen molar-refractivity contribution in [1.29, 1.82) is 0 Å². The van der Waals surface area contributed by atoms with Crippen LogP contribution in [0.15, 0.2) is 35.7 Å². The van der Waals surface area contributed by atoms with E-state index in [9.17, 15) is 9.59 Å². The maximum atomic E-state index is 12.5. The molecule has 0 bridgehead atoms. The highest BCUT2D eigenvalue weighted by Gasteiger charge is 2.26. The first-order valence-electron chi connectivity index (χ1n) is 8.56. The van der Waals surface area contributed by atoms with Crippen LogP contribution in [0.4, 0.5) is 5.00 Å². The summed E-state index contributed by atoms with van der Waals surface area (Å²) in [5, 5.41) is 12.5. The van der Waals surface area contributed by atoms with E-state index in [2.05, 4.69) is 15.5 Å². The number of hydrogen-bond acceptors (Lipinski definition) is 6. The van der Waals surface area contributed by atoms with E-state index in [1.807, 2.05) is 12.1 Å². The van der Waals surface area contributed by atoms with E-state index in [1.54, 1.807) is 23.0 Å². The Bertz CT molecular complexity index is 1060. The van der Waals surface area contributed by atoms with Crippen molar-refractivity contribution in [3.05, 3.63) is 51.6 Å². The van der Waals surface area contributed by atoms with Gasteiger partial charge < -0.3 is 11.1 Å². The van der Waals surface area contributed by atoms with Gasteiger partial charge >= 0.3 is 0 Å². The summed E-state index contributed by atoms with van der Waals surface area (Å²) in [5.74, 6) is -0.601. The fourth-order valence-corrected chi connectivity index (χ4v) is 5.40. The number of thioether (sulfide) groups is 1. The van der Waals surface area contributed by atoms with E-state index in [0.717, 1.165) is 35.4 Å². The van der Waals surface area contributed by atoms with Gasteiger partial charge in [-0.2, -0.15) is 0 Å². The van der Waals surface area contributed by atoms with Crippen LogP contribution in [0.2, 0.25) is 5.02 Å². The lowest BCUT2D eigenvalue weighted by Gasteiger charge is -2.08. The number of primary amides is 1. The second-order valence-electron chi connectivity index (χ2n) is 6.23. The van der Waals surface area contributed by atoms with Gasteiger partial charge in [-0.25, -0.2) is 0 Å². The van der Waals surface area contributed by atoms with Gasteiger partial charge in [-0.15, -0.1) is 21.5 Å². The van der Waals surface area contributed by atoms with Crippen molar-refractivity contribution in [2.45, 2.75) is 24.4 Å². The molecule has 0 saturated carbocycles. The number of benzene rings is 1. The van der Waals surface area contributed by atoms with Crippen LogP contribution in [0.25, 0.3) is 5.69 Å². The minimum absolute atomic E-state index is 0.125. The SMILES string of the molecule is NC(=O)c1c(NC(=O)CSc2nncn2-c2cccc(Cl)c2)sc2c1CCC2. The number of aromatic nitrogens is 3. The van der Waals surface area contributed by atoms with Crippen molar-refractivity contribution in [2.75, 3.05) is 11.1 Å². The fourth-order valence-electron chi connectivity index (χ4n) is 3.17. The summed E-state index contributed by atoms with van der Waals surface area (Å²) < 4.78 is 1.76. The highest BCUT2D eigenvalue weighted by molar-refractivity contribution is 7.99. The Morgan fingerprint density at radius 1 is 1.36 bits per heavy atom. The first kappa shape index (κ1) is 19.0. The summed E-state index contributed by atoms with van der Waals surface area (Å²) in [6.07, 6.45) is 4.34. The standard InChI is InChI=1S/C18H16ClN5O2S2/c19-10-3-1-4-11(7-10)24-9-21-23-18(24)27-8-14(25)22-17-15(16(20)26)12-5-2-6-13(12)28-17/h1,3-4,7,9H,2,5-6,8H2,(H2,20,26)(H,22,25). The van der Waals surface area contributed by atoms with E-state index in [0.29, 0.717) is 20.7 Å². The van der Waals surface area contributed by atoms with Crippen molar-refractivity contribution in [1.82, 2.24) is 14.8 Å². The van der Waals surface area contributed by atoms with Gasteiger partial charge in [0, 0.05) is 9.90 Å². The number of carbonyl (C=O) groups is 2. The van der Waals surface area contributed by atoms with Gasteiger partial charge in [0.1, 0.15) is 11.3 Å². The number of rotatable bonds is 6. The van der Waals surface area contributed by atoms with Crippen LogP contribution in [0, 0.1) is 0 Å². The molecular weight excluding hydrogens is 418 g/mol. The Labute approximate surface area is 174 Å². The van der Waals surface area contributed by atoms with Gasteiger partial charge in [0.05, 0.1) is 17.0 Å². The summed E-state index contributed by atoms with van der Waals surface area (Å²) in [7, 11) is 0.